The Balaban J connectivity index is 1.92. The number of para-hydroxylation sites is 1. The molecule has 7 nitrogen and oxygen atoms in total. The van der Waals surface area contributed by atoms with Gasteiger partial charge in [-0.1, -0.05) is 36.9 Å². The minimum atomic E-state index is -3.08. The molecule has 9 heteroatoms. The summed E-state index contributed by atoms with van der Waals surface area (Å²) >= 11 is 1.38. The van der Waals surface area contributed by atoms with Gasteiger partial charge in [0.15, 0.2) is 15.0 Å². The SMILES string of the molecule is CCCNC(=O)/C(C#N)=C/N=C1S[C@H]2CS(=O)(=O)C[C@@H]2N1c1ccccc1. The molecule has 2 aliphatic heterocycles. The van der Waals surface area contributed by atoms with E-state index in [4.69, 9.17) is 0 Å². The number of hydrogen-bond donors (Lipinski definition) is 1. The molecule has 1 amide bonds. The highest BCUT2D eigenvalue weighted by atomic mass is 32.2. The molecule has 0 saturated carbocycles. The van der Waals surface area contributed by atoms with E-state index in [2.05, 4.69) is 10.3 Å². The summed E-state index contributed by atoms with van der Waals surface area (Å²) < 4.78 is 24.1. The largest absolute Gasteiger partial charge is 0.351 e. The first-order valence-electron chi connectivity index (χ1n) is 8.63. The van der Waals surface area contributed by atoms with Gasteiger partial charge in [0, 0.05) is 17.5 Å². The minimum Gasteiger partial charge on any atom is -0.351 e. The number of carbonyl (C=O) groups excluding carboxylic acids is 1. The lowest BCUT2D eigenvalue weighted by Crippen LogP contribution is -2.37. The summed E-state index contributed by atoms with van der Waals surface area (Å²) in [7, 11) is -3.08. The van der Waals surface area contributed by atoms with Gasteiger partial charge in [0.05, 0.1) is 23.7 Å². The Morgan fingerprint density at radius 2 is 2.15 bits per heavy atom. The number of fused-ring (bicyclic) bond motifs is 1. The molecule has 1 aromatic rings. The van der Waals surface area contributed by atoms with Gasteiger partial charge in [-0.2, -0.15) is 5.26 Å². The lowest BCUT2D eigenvalue weighted by atomic mass is 10.2. The third-order valence-corrected chi connectivity index (χ3v) is 7.53. The molecule has 2 heterocycles. The maximum absolute atomic E-state index is 12.0. The molecule has 0 spiro atoms. The summed E-state index contributed by atoms with van der Waals surface area (Å²) in [5.74, 6) is -0.276. The molecule has 2 aliphatic rings. The van der Waals surface area contributed by atoms with Crippen molar-refractivity contribution in [3.8, 4) is 6.07 Å². The number of anilines is 1. The number of rotatable bonds is 5. The molecule has 0 aromatic heterocycles. The van der Waals surface area contributed by atoms with E-state index in [1.165, 1.54) is 18.0 Å². The van der Waals surface area contributed by atoms with E-state index >= 15 is 0 Å². The Kier molecular flexibility index (Phi) is 5.87. The highest BCUT2D eigenvalue weighted by molar-refractivity contribution is 8.16. The van der Waals surface area contributed by atoms with E-state index in [0.29, 0.717) is 11.7 Å². The van der Waals surface area contributed by atoms with Crippen LogP contribution in [0.3, 0.4) is 0 Å². The van der Waals surface area contributed by atoms with Gasteiger partial charge in [0.25, 0.3) is 5.91 Å². The van der Waals surface area contributed by atoms with Crippen molar-refractivity contribution in [1.82, 2.24) is 5.32 Å². The van der Waals surface area contributed by atoms with Crippen molar-refractivity contribution < 1.29 is 13.2 Å². The van der Waals surface area contributed by atoms with E-state index in [1.807, 2.05) is 48.2 Å². The fourth-order valence-corrected chi connectivity index (χ4v) is 6.95. The molecule has 2 atom stereocenters. The molecule has 0 aliphatic carbocycles. The van der Waals surface area contributed by atoms with E-state index in [0.717, 1.165) is 12.1 Å². The predicted molar refractivity (Wildman–Crippen MR) is 107 cm³/mol. The van der Waals surface area contributed by atoms with Crippen LogP contribution in [-0.2, 0) is 14.6 Å². The first-order chi connectivity index (χ1) is 12.9. The summed E-state index contributed by atoms with van der Waals surface area (Å²) in [6.45, 7) is 2.41. The molecule has 2 fully saturated rings. The fourth-order valence-electron chi connectivity index (χ4n) is 3.06. The summed E-state index contributed by atoms with van der Waals surface area (Å²) in [6, 6.07) is 11.1. The number of hydrogen-bond acceptors (Lipinski definition) is 6. The standard InChI is InChI=1S/C18H20N4O3S2/c1-2-8-20-17(23)13(9-19)10-21-18-22(14-6-4-3-5-7-14)15-11-27(24,25)12-16(15)26-18/h3-7,10,15-16H,2,8,11-12H2,1H3,(H,20,23)/b13-10+,21-18?/t15-,16-/m0/s1. The second kappa shape index (κ2) is 8.15. The number of nitrogens with one attached hydrogen (secondary N) is 1. The summed E-state index contributed by atoms with van der Waals surface area (Å²) in [5, 5.41) is 12.4. The number of amidine groups is 1. The Labute approximate surface area is 163 Å². The Morgan fingerprint density at radius 1 is 1.41 bits per heavy atom. The Bertz CT molecular complexity index is 920. The molecule has 3 rings (SSSR count). The number of sulfone groups is 1. The third kappa shape index (κ3) is 4.34. The molecule has 1 aromatic carbocycles. The number of carbonyl (C=O) groups is 1. The van der Waals surface area contributed by atoms with E-state index in [1.54, 1.807) is 0 Å². The number of aliphatic imine (C=N–C) groups is 1. The van der Waals surface area contributed by atoms with Crippen LogP contribution in [-0.4, -0.2) is 48.8 Å². The number of thioether (sulfide) groups is 1. The van der Waals surface area contributed by atoms with Gasteiger partial charge in [-0.15, -0.1) is 0 Å². The summed E-state index contributed by atoms with van der Waals surface area (Å²) in [5.41, 5.74) is 0.768. The molecule has 0 bridgehead atoms. The van der Waals surface area contributed by atoms with E-state index < -0.39 is 15.7 Å². The molecule has 0 radical (unpaired) electrons. The number of amides is 1. The van der Waals surface area contributed by atoms with Crippen LogP contribution in [0.25, 0.3) is 0 Å². The van der Waals surface area contributed by atoms with Crippen molar-refractivity contribution in [2.45, 2.75) is 24.6 Å². The number of benzene rings is 1. The molecule has 2 saturated heterocycles. The summed E-state index contributed by atoms with van der Waals surface area (Å²) in [6.07, 6.45) is 2.03. The molecular weight excluding hydrogens is 384 g/mol. The predicted octanol–water partition coefficient (Wildman–Crippen LogP) is 1.70. The normalized spacial score (nSPS) is 25.3. The average Bonchev–Trinajstić information content (AvgIpc) is 3.12. The van der Waals surface area contributed by atoms with Gasteiger partial charge in [-0.05, 0) is 18.6 Å². The molecule has 1 N–H and O–H groups in total. The maximum Gasteiger partial charge on any atom is 0.263 e. The lowest BCUT2D eigenvalue weighted by Gasteiger charge is -2.24. The van der Waals surface area contributed by atoms with Crippen molar-refractivity contribution in [2.75, 3.05) is 23.0 Å². The van der Waals surface area contributed by atoms with Crippen molar-refractivity contribution in [3.63, 3.8) is 0 Å². The second-order valence-electron chi connectivity index (χ2n) is 6.33. The number of nitriles is 1. The average molecular weight is 405 g/mol. The third-order valence-electron chi connectivity index (χ3n) is 4.31. The summed E-state index contributed by atoms with van der Waals surface area (Å²) in [4.78, 5) is 18.3. The van der Waals surface area contributed by atoms with Crippen LogP contribution in [0.2, 0.25) is 0 Å². The second-order valence-corrected chi connectivity index (χ2v) is 9.69. The van der Waals surface area contributed by atoms with Gasteiger partial charge in [-0.25, -0.2) is 13.4 Å². The van der Waals surface area contributed by atoms with Crippen molar-refractivity contribution >= 4 is 38.4 Å². The van der Waals surface area contributed by atoms with Crippen LogP contribution < -0.4 is 10.2 Å². The van der Waals surface area contributed by atoms with Gasteiger partial charge in [0.1, 0.15) is 11.6 Å². The van der Waals surface area contributed by atoms with E-state index in [-0.39, 0.29) is 28.4 Å². The Morgan fingerprint density at radius 3 is 2.81 bits per heavy atom. The van der Waals surface area contributed by atoms with Crippen LogP contribution in [0.5, 0.6) is 0 Å². The zero-order valence-electron chi connectivity index (χ0n) is 14.8. The van der Waals surface area contributed by atoms with Crippen LogP contribution in [0.1, 0.15) is 13.3 Å². The topological polar surface area (TPSA) is 103 Å². The highest BCUT2D eigenvalue weighted by Crippen LogP contribution is 2.40. The fraction of sp³-hybridized carbons (Fsp3) is 0.389. The van der Waals surface area contributed by atoms with Crippen LogP contribution >= 0.6 is 11.8 Å². The molecule has 27 heavy (non-hydrogen) atoms. The zero-order chi connectivity index (χ0) is 19.4. The quantitative estimate of drug-likeness (QED) is 0.592. The molecule has 0 unspecified atom stereocenters. The highest BCUT2D eigenvalue weighted by Gasteiger charge is 2.49. The van der Waals surface area contributed by atoms with E-state index in [9.17, 15) is 18.5 Å². The smallest absolute Gasteiger partial charge is 0.263 e. The first kappa shape index (κ1) is 19.5. The van der Waals surface area contributed by atoms with Gasteiger partial charge in [0.2, 0.25) is 0 Å². The lowest BCUT2D eigenvalue weighted by molar-refractivity contribution is -0.117. The minimum absolute atomic E-state index is 0.0738. The van der Waals surface area contributed by atoms with Crippen molar-refractivity contribution in [3.05, 3.63) is 42.1 Å². The number of nitrogens with zero attached hydrogens (tertiary/aromatic N) is 3. The van der Waals surface area contributed by atoms with Crippen LogP contribution in [0.15, 0.2) is 47.1 Å². The van der Waals surface area contributed by atoms with Gasteiger partial charge < -0.3 is 10.2 Å². The Hall–Kier alpha value is -2.31. The van der Waals surface area contributed by atoms with Crippen LogP contribution in [0, 0.1) is 11.3 Å². The monoisotopic (exact) mass is 404 g/mol. The zero-order valence-corrected chi connectivity index (χ0v) is 16.5. The van der Waals surface area contributed by atoms with Crippen molar-refractivity contribution in [2.24, 2.45) is 4.99 Å². The first-order valence-corrected chi connectivity index (χ1v) is 11.3. The van der Waals surface area contributed by atoms with Gasteiger partial charge >= 0.3 is 0 Å². The van der Waals surface area contributed by atoms with Crippen LogP contribution in [0.4, 0.5) is 5.69 Å². The van der Waals surface area contributed by atoms with Gasteiger partial charge in [-0.3, -0.25) is 4.79 Å². The van der Waals surface area contributed by atoms with Crippen molar-refractivity contribution in [1.29, 1.82) is 5.26 Å². The maximum atomic E-state index is 12.0. The molecular formula is C18H20N4O3S2. The molecule has 142 valence electrons.